The number of hydrogen-bond acceptors (Lipinski definition) is 4. The largest absolute Gasteiger partial charge is 0.573 e. The van der Waals surface area contributed by atoms with Crippen molar-refractivity contribution in [2.75, 3.05) is 18.5 Å². The number of hydrogen-bond donors (Lipinski definition) is 2. The molecule has 0 atom stereocenters. The smallest absolute Gasteiger partial charge is 0.490 e. The predicted octanol–water partition coefficient (Wildman–Crippen LogP) is 4.23. The van der Waals surface area contributed by atoms with Gasteiger partial charge in [-0.1, -0.05) is 0 Å². The van der Waals surface area contributed by atoms with Crippen molar-refractivity contribution in [1.82, 2.24) is 0 Å². The number of unbranched alkanes of at least 4 members (excludes halogenated alkanes) is 1. The number of rotatable bonds is 9. The first-order chi connectivity index (χ1) is 13.2. The van der Waals surface area contributed by atoms with E-state index in [1.54, 1.807) is 0 Å². The van der Waals surface area contributed by atoms with Crippen LogP contribution >= 0.6 is 0 Å². The summed E-state index contributed by atoms with van der Waals surface area (Å²) in [5.41, 5.74) is 4.68. The van der Waals surface area contributed by atoms with Gasteiger partial charge in [0, 0.05) is 12.2 Å². The zero-order valence-electron chi connectivity index (χ0n) is 14.5. The summed E-state index contributed by atoms with van der Waals surface area (Å²) in [6, 6.07) is 7.22. The summed E-state index contributed by atoms with van der Waals surface area (Å²) in [6.07, 6.45) is -3.63. The van der Waals surface area contributed by atoms with Gasteiger partial charge in [-0.3, -0.25) is 4.79 Å². The fraction of sp³-hybridized carbons (Fsp3) is 0.278. The molecule has 2 aromatic rings. The van der Waals surface area contributed by atoms with E-state index >= 15 is 0 Å². The van der Waals surface area contributed by atoms with Gasteiger partial charge < -0.3 is 20.5 Å². The highest BCUT2D eigenvalue weighted by atomic mass is 19.4. The van der Waals surface area contributed by atoms with Crippen LogP contribution in [0.15, 0.2) is 36.4 Å². The van der Waals surface area contributed by atoms with Crippen molar-refractivity contribution in [2.24, 2.45) is 5.73 Å². The van der Waals surface area contributed by atoms with Gasteiger partial charge in [0.1, 0.15) is 17.1 Å². The van der Waals surface area contributed by atoms with E-state index in [1.165, 1.54) is 24.3 Å². The lowest BCUT2D eigenvalue weighted by molar-refractivity contribution is -0.274. The number of benzene rings is 2. The molecular formula is C18H17F5N2O3. The molecule has 5 nitrogen and oxygen atoms in total. The summed E-state index contributed by atoms with van der Waals surface area (Å²) in [7, 11) is 0. The van der Waals surface area contributed by atoms with E-state index in [9.17, 15) is 26.7 Å². The van der Waals surface area contributed by atoms with Crippen LogP contribution in [-0.2, 0) is 0 Å². The highest BCUT2D eigenvalue weighted by Crippen LogP contribution is 2.24. The molecule has 0 radical (unpaired) electrons. The summed E-state index contributed by atoms with van der Waals surface area (Å²) in [4.78, 5) is 11.0. The Bertz CT molecular complexity index is 810. The van der Waals surface area contributed by atoms with Gasteiger partial charge in [-0.25, -0.2) is 8.78 Å². The molecule has 0 spiro atoms. The maximum Gasteiger partial charge on any atom is 0.573 e. The molecule has 10 heteroatoms. The third-order valence-electron chi connectivity index (χ3n) is 3.55. The van der Waals surface area contributed by atoms with Gasteiger partial charge in [0.2, 0.25) is 0 Å². The Labute approximate surface area is 157 Å². The molecule has 0 aliphatic carbocycles. The molecule has 0 aliphatic rings. The van der Waals surface area contributed by atoms with Gasteiger partial charge in [-0.05, 0) is 49.2 Å². The van der Waals surface area contributed by atoms with E-state index in [0.29, 0.717) is 25.1 Å². The Morgan fingerprint density at radius 1 is 1.04 bits per heavy atom. The Balaban J connectivity index is 1.73. The number of halogens is 5. The van der Waals surface area contributed by atoms with Crippen molar-refractivity contribution in [1.29, 1.82) is 0 Å². The molecule has 0 fully saturated rings. The number of nitrogens with one attached hydrogen (secondary N) is 1. The summed E-state index contributed by atoms with van der Waals surface area (Å²) >= 11 is 0. The molecule has 0 bridgehead atoms. The van der Waals surface area contributed by atoms with Gasteiger partial charge in [-0.15, -0.1) is 13.2 Å². The lowest BCUT2D eigenvalue weighted by Crippen LogP contribution is -2.17. The molecule has 1 amide bonds. The van der Waals surface area contributed by atoms with Crippen molar-refractivity contribution in [3.63, 3.8) is 0 Å². The molecule has 0 saturated carbocycles. The van der Waals surface area contributed by atoms with E-state index in [4.69, 9.17) is 10.5 Å². The van der Waals surface area contributed by atoms with Crippen molar-refractivity contribution in [2.45, 2.75) is 19.2 Å². The lowest BCUT2D eigenvalue weighted by atomic mass is 10.1. The minimum atomic E-state index is -4.74. The van der Waals surface area contributed by atoms with Crippen LogP contribution in [0, 0.1) is 11.6 Å². The second-order valence-corrected chi connectivity index (χ2v) is 5.65. The van der Waals surface area contributed by atoms with Crippen molar-refractivity contribution >= 4 is 11.6 Å². The van der Waals surface area contributed by atoms with E-state index in [1.807, 2.05) is 0 Å². The highest BCUT2D eigenvalue weighted by Gasteiger charge is 2.30. The van der Waals surface area contributed by atoms with Crippen molar-refractivity contribution < 1.29 is 36.2 Å². The monoisotopic (exact) mass is 404 g/mol. The lowest BCUT2D eigenvalue weighted by Gasteiger charge is -2.11. The molecule has 0 heterocycles. The fourth-order valence-electron chi connectivity index (χ4n) is 2.29. The number of nitrogens with two attached hydrogens (primary N) is 1. The van der Waals surface area contributed by atoms with Crippen LogP contribution < -0.4 is 20.5 Å². The zero-order valence-corrected chi connectivity index (χ0v) is 14.5. The quantitative estimate of drug-likeness (QED) is 0.485. The minimum absolute atomic E-state index is 0.112. The molecule has 0 saturated heterocycles. The van der Waals surface area contributed by atoms with Crippen molar-refractivity contribution in [3.05, 3.63) is 53.6 Å². The number of primary amides is 1. The maximum atomic E-state index is 14.0. The summed E-state index contributed by atoms with van der Waals surface area (Å²) in [5, 5.41) is 3.00. The van der Waals surface area contributed by atoms with E-state index in [-0.39, 0.29) is 18.1 Å². The predicted molar refractivity (Wildman–Crippen MR) is 91.2 cm³/mol. The number of ether oxygens (including phenoxy) is 2. The summed E-state index contributed by atoms with van der Waals surface area (Å²) in [6.45, 7) is 0.599. The maximum absolute atomic E-state index is 14.0. The first-order valence-corrected chi connectivity index (χ1v) is 8.17. The van der Waals surface area contributed by atoms with E-state index < -0.39 is 29.5 Å². The SMILES string of the molecule is NC(=O)c1c(F)ccc(OCCCCNc2ccc(OC(F)(F)F)cc2)c1F. The number of anilines is 1. The molecule has 2 rings (SSSR count). The molecule has 2 aromatic carbocycles. The van der Waals surface area contributed by atoms with Gasteiger partial charge in [-0.2, -0.15) is 0 Å². The van der Waals surface area contributed by atoms with Gasteiger partial charge in [0.05, 0.1) is 6.61 Å². The number of amides is 1. The molecule has 152 valence electrons. The van der Waals surface area contributed by atoms with Crippen LogP contribution in [0.1, 0.15) is 23.2 Å². The topological polar surface area (TPSA) is 73.6 Å². The molecule has 0 unspecified atom stereocenters. The average molecular weight is 404 g/mol. The average Bonchev–Trinajstić information content (AvgIpc) is 2.59. The number of carbonyl (C=O) groups excluding carboxylic acids is 1. The molecular weight excluding hydrogens is 387 g/mol. The van der Waals surface area contributed by atoms with Crippen LogP contribution in [0.5, 0.6) is 11.5 Å². The molecule has 0 aliphatic heterocycles. The molecule has 0 aromatic heterocycles. The van der Waals surface area contributed by atoms with Crippen LogP contribution in [0.25, 0.3) is 0 Å². The highest BCUT2D eigenvalue weighted by molar-refractivity contribution is 5.93. The second-order valence-electron chi connectivity index (χ2n) is 5.65. The zero-order chi connectivity index (χ0) is 20.7. The normalized spacial score (nSPS) is 11.2. The van der Waals surface area contributed by atoms with E-state index in [2.05, 4.69) is 10.1 Å². The third-order valence-corrected chi connectivity index (χ3v) is 3.55. The van der Waals surface area contributed by atoms with Gasteiger partial charge in [0.15, 0.2) is 11.6 Å². The molecule has 3 N–H and O–H groups in total. The van der Waals surface area contributed by atoms with Crippen LogP contribution in [0.4, 0.5) is 27.6 Å². The standard InChI is InChI=1S/C18H17F5N2O3/c19-13-7-8-14(16(20)15(13)17(24)26)27-10-2-1-9-25-11-3-5-12(6-4-11)28-18(21,22)23/h3-8,25H,1-2,9-10H2,(H2,24,26). The fourth-order valence-corrected chi connectivity index (χ4v) is 2.29. The minimum Gasteiger partial charge on any atom is -0.490 e. The van der Waals surface area contributed by atoms with Crippen LogP contribution in [0.3, 0.4) is 0 Å². The number of alkyl halides is 3. The summed E-state index contributed by atoms with van der Waals surface area (Å²) in [5.74, 6) is -4.03. The van der Waals surface area contributed by atoms with Crippen LogP contribution in [-0.4, -0.2) is 25.4 Å². The first-order valence-electron chi connectivity index (χ1n) is 8.17. The van der Waals surface area contributed by atoms with Gasteiger partial charge in [0.25, 0.3) is 5.91 Å². The second kappa shape index (κ2) is 9.25. The van der Waals surface area contributed by atoms with E-state index in [0.717, 1.165) is 12.1 Å². The van der Waals surface area contributed by atoms with Crippen LogP contribution in [0.2, 0.25) is 0 Å². The summed E-state index contributed by atoms with van der Waals surface area (Å²) < 4.78 is 72.5. The Hall–Kier alpha value is -3.04. The molecule has 28 heavy (non-hydrogen) atoms. The Kier molecular flexibility index (Phi) is 7.02. The Morgan fingerprint density at radius 3 is 2.32 bits per heavy atom. The van der Waals surface area contributed by atoms with Crippen molar-refractivity contribution in [3.8, 4) is 11.5 Å². The number of carbonyl (C=O) groups is 1. The van der Waals surface area contributed by atoms with Gasteiger partial charge >= 0.3 is 6.36 Å². The first kappa shape index (κ1) is 21.3. The third kappa shape index (κ3) is 6.29. The Morgan fingerprint density at radius 2 is 1.71 bits per heavy atom.